The molecule has 0 atom stereocenters. The van der Waals surface area contributed by atoms with Crippen LogP contribution in [0.25, 0.3) is 0 Å². The van der Waals surface area contributed by atoms with Gasteiger partial charge in [0.25, 0.3) is 0 Å². The maximum atomic E-state index is 10.8. The molecular formula is C9H15N3OS. The fraction of sp³-hybridized carbons (Fsp3) is 0.556. The van der Waals surface area contributed by atoms with Gasteiger partial charge in [0, 0.05) is 25.4 Å². The molecule has 78 valence electrons. The Kier molecular flexibility index (Phi) is 4.39. The van der Waals surface area contributed by atoms with Crippen molar-refractivity contribution in [3.63, 3.8) is 0 Å². The Hall–Kier alpha value is -1.10. The molecule has 0 aliphatic heterocycles. The molecule has 1 rings (SSSR count). The molecule has 2 N–H and O–H groups in total. The van der Waals surface area contributed by atoms with E-state index in [1.54, 1.807) is 18.4 Å². The number of nitrogens with zero attached hydrogens (tertiary/aromatic N) is 1. The Balaban J connectivity index is 2.27. The lowest BCUT2D eigenvalue weighted by Crippen LogP contribution is -2.34. The Bertz CT molecular complexity index is 298. The van der Waals surface area contributed by atoms with Gasteiger partial charge in [0.1, 0.15) is 0 Å². The molecule has 1 aromatic heterocycles. The third-order valence-corrected chi connectivity index (χ3v) is 2.84. The second-order valence-electron chi connectivity index (χ2n) is 2.84. The summed E-state index contributed by atoms with van der Waals surface area (Å²) < 4.78 is 0. The molecule has 5 heteroatoms. The average Bonchev–Trinajstić information content (AvgIpc) is 2.65. The molecule has 0 aliphatic carbocycles. The van der Waals surface area contributed by atoms with Gasteiger partial charge in [-0.15, -0.1) is 11.3 Å². The quantitative estimate of drug-likeness (QED) is 0.789. The average molecular weight is 213 g/mol. The molecule has 0 bridgehead atoms. The van der Waals surface area contributed by atoms with Gasteiger partial charge in [-0.1, -0.05) is 6.92 Å². The number of aromatic nitrogens is 1. The molecule has 2 amide bonds. The number of urea groups is 1. The number of amides is 2. The van der Waals surface area contributed by atoms with E-state index in [2.05, 4.69) is 22.5 Å². The van der Waals surface area contributed by atoms with Crippen LogP contribution in [0.4, 0.5) is 4.79 Å². The van der Waals surface area contributed by atoms with E-state index in [1.807, 2.05) is 5.38 Å². The number of thiazole rings is 1. The van der Waals surface area contributed by atoms with E-state index in [4.69, 9.17) is 0 Å². The van der Waals surface area contributed by atoms with Gasteiger partial charge < -0.3 is 10.6 Å². The maximum absolute atomic E-state index is 10.8. The van der Waals surface area contributed by atoms with Crippen LogP contribution in [-0.4, -0.2) is 24.6 Å². The fourth-order valence-corrected chi connectivity index (χ4v) is 1.80. The van der Waals surface area contributed by atoms with Gasteiger partial charge >= 0.3 is 6.03 Å². The summed E-state index contributed by atoms with van der Waals surface area (Å²) in [5.41, 5.74) is 1.06. The normalized spacial score (nSPS) is 9.86. The van der Waals surface area contributed by atoms with Crippen LogP contribution in [-0.2, 0) is 12.8 Å². The van der Waals surface area contributed by atoms with Gasteiger partial charge in [0.15, 0.2) is 0 Å². The lowest BCUT2D eigenvalue weighted by Gasteiger charge is -2.01. The van der Waals surface area contributed by atoms with E-state index in [0.717, 1.165) is 23.5 Å². The van der Waals surface area contributed by atoms with Crippen LogP contribution in [0.5, 0.6) is 0 Å². The number of hydrogen-bond donors (Lipinski definition) is 2. The van der Waals surface area contributed by atoms with Crippen LogP contribution in [0.3, 0.4) is 0 Å². The first-order chi connectivity index (χ1) is 6.76. The van der Waals surface area contributed by atoms with Crippen LogP contribution < -0.4 is 10.6 Å². The van der Waals surface area contributed by atoms with E-state index >= 15 is 0 Å². The number of hydrogen-bond acceptors (Lipinski definition) is 3. The van der Waals surface area contributed by atoms with E-state index in [9.17, 15) is 4.79 Å². The summed E-state index contributed by atoms with van der Waals surface area (Å²) in [6.45, 7) is 2.72. The first-order valence-corrected chi connectivity index (χ1v) is 5.53. The number of aryl methyl sites for hydroxylation is 1. The molecule has 1 heterocycles. The van der Waals surface area contributed by atoms with Crippen molar-refractivity contribution in [3.8, 4) is 0 Å². The first-order valence-electron chi connectivity index (χ1n) is 4.65. The first kappa shape index (κ1) is 11.0. The molecule has 0 saturated heterocycles. The van der Waals surface area contributed by atoms with Crippen molar-refractivity contribution in [1.82, 2.24) is 15.6 Å². The standard InChI is InChI=1S/C9H15N3OS/c1-3-8-12-7(6-14-8)4-5-11-9(13)10-2/h6H,3-5H2,1-2H3,(H2,10,11,13). The molecular weight excluding hydrogens is 198 g/mol. The van der Waals surface area contributed by atoms with Crippen molar-refractivity contribution >= 4 is 17.4 Å². The fourth-order valence-electron chi connectivity index (χ4n) is 1.02. The van der Waals surface area contributed by atoms with Crippen LogP contribution in [0.15, 0.2) is 5.38 Å². The zero-order valence-electron chi connectivity index (χ0n) is 8.46. The van der Waals surface area contributed by atoms with Crippen molar-refractivity contribution in [2.75, 3.05) is 13.6 Å². The highest BCUT2D eigenvalue weighted by Gasteiger charge is 2.00. The van der Waals surface area contributed by atoms with Gasteiger partial charge in [-0.3, -0.25) is 0 Å². The van der Waals surface area contributed by atoms with Crippen LogP contribution >= 0.6 is 11.3 Å². The molecule has 14 heavy (non-hydrogen) atoms. The van der Waals surface area contributed by atoms with Crippen molar-refractivity contribution < 1.29 is 4.79 Å². The lowest BCUT2D eigenvalue weighted by molar-refractivity contribution is 0.243. The molecule has 4 nitrogen and oxygen atoms in total. The summed E-state index contributed by atoms with van der Waals surface area (Å²) in [6.07, 6.45) is 1.78. The molecule has 0 aliphatic rings. The topological polar surface area (TPSA) is 54.0 Å². The Morgan fingerprint density at radius 3 is 3.00 bits per heavy atom. The molecule has 0 radical (unpaired) electrons. The summed E-state index contributed by atoms with van der Waals surface area (Å²) >= 11 is 1.67. The summed E-state index contributed by atoms with van der Waals surface area (Å²) in [6, 6.07) is -0.143. The Morgan fingerprint density at radius 2 is 2.43 bits per heavy atom. The van der Waals surface area contributed by atoms with Gasteiger partial charge in [-0.05, 0) is 6.42 Å². The second-order valence-corrected chi connectivity index (χ2v) is 3.78. The van der Waals surface area contributed by atoms with E-state index in [-0.39, 0.29) is 6.03 Å². The number of carbonyl (C=O) groups excluding carboxylic acids is 1. The van der Waals surface area contributed by atoms with Gasteiger partial charge in [0.2, 0.25) is 0 Å². The molecule has 0 spiro atoms. The minimum Gasteiger partial charge on any atom is -0.341 e. The highest BCUT2D eigenvalue weighted by Crippen LogP contribution is 2.09. The molecule has 0 saturated carbocycles. The van der Waals surface area contributed by atoms with Crippen LogP contribution in [0.2, 0.25) is 0 Å². The zero-order chi connectivity index (χ0) is 10.4. The third-order valence-electron chi connectivity index (χ3n) is 1.80. The summed E-state index contributed by atoms with van der Waals surface area (Å²) in [4.78, 5) is 15.2. The Morgan fingerprint density at radius 1 is 1.64 bits per heavy atom. The largest absolute Gasteiger partial charge is 0.341 e. The number of rotatable bonds is 4. The van der Waals surface area contributed by atoms with E-state index < -0.39 is 0 Å². The predicted molar refractivity (Wildman–Crippen MR) is 57.7 cm³/mol. The summed E-state index contributed by atoms with van der Waals surface area (Å²) in [7, 11) is 1.60. The lowest BCUT2D eigenvalue weighted by atomic mass is 10.3. The van der Waals surface area contributed by atoms with Crippen molar-refractivity contribution in [3.05, 3.63) is 16.1 Å². The van der Waals surface area contributed by atoms with E-state index in [1.165, 1.54) is 0 Å². The minimum absolute atomic E-state index is 0.143. The van der Waals surface area contributed by atoms with Crippen molar-refractivity contribution in [2.45, 2.75) is 19.8 Å². The van der Waals surface area contributed by atoms with Gasteiger partial charge in [0.05, 0.1) is 10.7 Å². The zero-order valence-corrected chi connectivity index (χ0v) is 9.28. The van der Waals surface area contributed by atoms with Crippen molar-refractivity contribution in [1.29, 1.82) is 0 Å². The molecule has 0 aromatic carbocycles. The SMILES string of the molecule is CCc1nc(CCNC(=O)NC)cs1. The highest BCUT2D eigenvalue weighted by molar-refractivity contribution is 7.09. The molecule has 1 aromatic rings. The monoisotopic (exact) mass is 213 g/mol. The van der Waals surface area contributed by atoms with E-state index in [0.29, 0.717) is 6.54 Å². The number of nitrogens with one attached hydrogen (secondary N) is 2. The minimum atomic E-state index is -0.143. The molecule has 0 fully saturated rings. The van der Waals surface area contributed by atoms with Gasteiger partial charge in [-0.25, -0.2) is 9.78 Å². The summed E-state index contributed by atoms with van der Waals surface area (Å²) in [5, 5.41) is 8.42. The van der Waals surface area contributed by atoms with Crippen LogP contribution in [0.1, 0.15) is 17.6 Å². The Labute approximate surface area is 87.7 Å². The second kappa shape index (κ2) is 5.59. The smallest absolute Gasteiger partial charge is 0.314 e. The number of carbonyl (C=O) groups is 1. The summed E-state index contributed by atoms with van der Waals surface area (Å²) in [5.74, 6) is 0. The van der Waals surface area contributed by atoms with Crippen molar-refractivity contribution in [2.24, 2.45) is 0 Å². The molecule has 0 unspecified atom stereocenters. The predicted octanol–water partition coefficient (Wildman–Crippen LogP) is 1.18. The van der Waals surface area contributed by atoms with Gasteiger partial charge in [-0.2, -0.15) is 0 Å². The third kappa shape index (κ3) is 3.33. The highest BCUT2D eigenvalue weighted by atomic mass is 32.1. The van der Waals surface area contributed by atoms with Crippen LogP contribution in [0, 0.1) is 0 Å². The maximum Gasteiger partial charge on any atom is 0.314 e.